The van der Waals surface area contributed by atoms with Crippen LogP contribution in [0.5, 0.6) is 5.75 Å². The van der Waals surface area contributed by atoms with Crippen molar-refractivity contribution in [1.29, 1.82) is 0 Å². The normalized spacial score (nSPS) is 12.1. The van der Waals surface area contributed by atoms with Gasteiger partial charge in [0.1, 0.15) is 12.7 Å². The highest BCUT2D eigenvalue weighted by Gasteiger charge is 2.12. The van der Waals surface area contributed by atoms with E-state index in [-0.39, 0.29) is 18.9 Å². The largest absolute Gasteiger partial charge is 0.488 e. The molecule has 0 amide bonds. The monoisotopic (exact) mass is 314 g/mol. The van der Waals surface area contributed by atoms with Crippen LogP contribution in [-0.2, 0) is 6.54 Å². The average molecular weight is 314 g/mol. The molecule has 118 valence electrons. The van der Waals surface area contributed by atoms with Gasteiger partial charge in [0.05, 0.1) is 6.54 Å². The molecule has 7 heteroatoms. The van der Waals surface area contributed by atoms with Crippen LogP contribution in [0.1, 0.15) is 0 Å². The van der Waals surface area contributed by atoms with Crippen molar-refractivity contribution in [3.8, 4) is 17.1 Å². The van der Waals surface area contributed by atoms with Crippen LogP contribution >= 0.6 is 0 Å². The van der Waals surface area contributed by atoms with Crippen LogP contribution in [-0.4, -0.2) is 38.0 Å². The maximum Gasteiger partial charge on any atom is 0.204 e. The van der Waals surface area contributed by atoms with Gasteiger partial charge in [0.15, 0.2) is 11.6 Å². The number of aliphatic hydroxyl groups excluding tert-OH is 1. The molecule has 2 aromatic carbocycles. The van der Waals surface area contributed by atoms with Crippen molar-refractivity contribution in [3.63, 3.8) is 0 Å². The number of halogens is 1. The van der Waals surface area contributed by atoms with E-state index in [1.165, 1.54) is 16.9 Å². The Kier molecular flexibility index (Phi) is 4.58. The van der Waals surface area contributed by atoms with Gasteiger partial charge in [-0.15, -0.1) is 10.2 Å². The highest BCUT2D eigenvalue weighted by molar-refractivity contribution is 5.52. The second-order valence-electron chi connectivity index (χ2n) is 4.93. The molecule has 1 aromatic heterocycles. The van der Waals surface area contributed by atoms with E-state index in [0.717, 1.165) is 5.56 Å². The van der Waals surface area contributed by atoms with Gasteiger partial charge in [-0.25, -0.2) is 4.39 Å². The van der Waals surface area contributed by atoms with Crippen LogP contribution in [0.25, 0.3) is 11.4 Å². The van der Waals surface area contributed by atoms with E-state index in [2.05, 4.69) is 15.4 Å². The topological polar surface area (TPSA) is 73.1 Å². The summed E-state index contributed by atoms with van der Waals surface area (Å²) in [6, 6.07) is 15.4. The maximum absolute atomic E-state index is 13.4. The van der Waals surface area contributed by atoms with E-state index < -0.39 is 11.9 Å². The molecule has 6 nitrogen and oxygen atoms in total. The van der Waals surface area contributed by atoms with E-state index in [1.807, 2.05) is 30.3 Å². The van der Waals surface area contributed by atoms with Gasteiger partial charge in [0, 0.05) is 5.56 Å². The zero-order valence-corrected chi connectivity index (χ0v) is 12.2. The summed E-state index contributed by atoms with van der Waals surface area (Å²) in [5.41, 5.74) is 0.843. The van der Waals surface area contributed by atoms with Crippen LogP contribution in [0.3, 0.4) is 0 Å². The number of tetrazole rings is 1. The third-order valence-corrected chi connectivity index (χ3v) is 3.13. The lowest BCUT2D eigenvalue weighted by atomic mass is 10.2. The molecule has 0 aliphatic carbocycles. The van der Waals surface area contributed by atoms with E-state index in [1.54, 1.807) is 12.1 Å². The van der Waals surface area contributed by atoms with Crippen LogP contribution in [0.2, 0.25) is 0 Å². The summed E-state index contributed by atoms with van der Waals surface area (Å²) in [6.45, 7) is 0.0391. The lowest BCUT2D eigenvalue weighted by Gasteiger charge is -2.11. The van der Waals surface area contributed by atoms with Crippen molar-refractivity contribution >= 4 is 0 Å². The minimum absolute atomic E-state index is 0.0663. The first kappa shape index (κ1) is 15.1. The van der Waals surface area contributed by atoms with Crippen molar-refractivity contribution in [2.45, 2.75) is 12.6 Å². The van der Waals surface area contributed by atoms with Crippen molar-refractivity contribution in [3.05, 3.63) is 60.4 Å². The Morgan fingerprint density at radius 3 is 2.61 bits per heavy atom. The summed E-state index contributed by atoms with van der Waals surface area (Å²) in [4.78, 5) is 1.29. The quantitative estimate of drug-likeness (QED) is 0.752. The molecule has 0 aliphatic heterocycles. The zero-order chi connectivity index (χ0) is 16.1. The summed E-state index contributed by atoms with van der Waals surface area (Å²) in [5, 5.41) is 22.0. The van der Waals surface area contributed by atoms with Gasteiger partial charge in [-0.2, -0.15) is 4.80 Å². The minimum atomic E-state index is -0.882. The molecule has 0 aliphatic rings. The Bertz CT molecular complexity index is 764. The Morgan fingerprint density at radius 1 is 1.09 bits per heavy atom. The molecule has 3 aromatic rings. The molecule has 0 fully saturated rings. The van der Waals surface area contributed by atoms with Gasteiger partial charge in [0.25, 0.3) is 0 Å². The molecule has 0 unspecified atom stereocenters. The predicted octanol–water partition coefficient (Wildman–Crippen LogP) is 1.92. The standard InChI is InChI=1S/C16H15FN4O2/c17-14-8-4-5-9-15(14)23-11-13(22)10-21-19-16(18-20-21)12-6-2-1-3-7-12/h1-9,13,22H,10-11H2/t13-/m0/s1. The number of hydrogen-bond donors (Lipinski definition) is 1. The van der Waals surface area contributed by atoms with Gasteiger partial charge in [-0.05, 0) is 17.3 Å². The lowest BCUT2D eigenvalue weighted by molar-refractivity contribution is 0.0831. The van der Waals surface area contributed by atoms with Crippen LogP contribution in [0, 0.1) is 5.82 Å². The Morgan fingerprint density at radius 2 is 1.83 bits per heavy atom. The molecular formula is C16H15FN4O2. The summed E-state index contributed by atoms with van der Waals surface area (Å²) >= 11 is 0. The number of rotatable bonds is 6. The fourth-order valence-corrected chi connectivity index (χ4v) is 2.01. The van der Waals surface area contributed by atoms with Crippen molar-refractivity contribution in [2.75, 3.05) is 6.61 Å². The minimum Gasteiger partial charge on any atom is -0.488 e. The van der Waals surface area contributed by atoms with Crippen molar-refractivity contribution in [2.24, 2.45) is 0 Å². The molecule has 1 heterocycles. The van der Waals surface area contributed by atoms with Gasteiger partial charge in [0.2, 0.25) is 5.82 Å². The summed E-state index contributed by atoms with van der Waals surface area (Å²) < 4.78 is 18.7. The zero-order valence-electron chi connectivity index (χ0n) is 12.2. The lowest BCUT2D eigenvalue weighted by Crippen LogP contribution is -2.25. The van der Waals surface area contributed by atoms with Crippen molar-refractivity contribution in [1.82, 2.24) is 20.2 Å². The molecule has 1 atom stereocenters. The fraction of sp³-hybridized carbons (Fsp3) is 0.188. The first-order valence-corrected chi connectivity index (χ1v) is 7.11. The second kappa shape index (κ2) is 6.97. The van der Waals surface area contributed by atoms with E-state index in [4.69, 9.17) is 4.74 Å². The van der Waals surface area contributed by atoms with E-state index in [0.29, 0.717) is 5.82 Å². The number of nitrogens with zero attached hydrogens (tertiary/aromatic N) is 4. The molecular weight excluding hydrogens is 299 g/mol. The number of para-hydroxylation sites is 1. The molecule has 0 radical (unpaired) electrons. The second-order valence-corrected chi connectivity index (χ2v) is 4.93. The molecule has 0 spiro atoms. The molecule has 0 saturated heterocycles. The highest BCUT2D eigenvalue weighted by Crippen LogP contribution is 2.16. The predicted molar refractivity (Wildman–Crippen MR) is 81.2 cm³/mol. The number of benzene rings is 2. The Labute approximate surface area is 132 Å². The number of ether oxygens (including phenoxy) is 1. The average Bonchev–Trinajstić information content (AvgIpc) is 3.03. The maximum atomic E-state index is 13.4. The Balaban J connectivity index is 1.57. The third kappa shape index (κ3) is 3.89. The van der Waals surface area contributed by atoms with E-state index in [9.17, 15) is 9.50 Å². The molecule has 0 bridgehead atoms. The van der Waals surface area contributed by atoms with Crippen molar-refractivity contribution < 1.29 is 14.2 Å². The van der Waals surface area contributed by atoms with Gasteiger partial charge in [-0.3, -0.25) is 0 Å². The number of hydrogen-bond acceptors (Lipinski definition) is 5. The smallest absolute Gasteiger partial charge is 0.204 e. The highest BCUT2D eigenvalue weighted by atomic mass is 19.1. The summed E-state index contributed by atoms with van der Waals surface area (Å²) in [5.74, 6) is 0.112. The van der Waals surface area contributed by atoms with Crippen LogP contribution in [0.4, 0.5) is 4.39 Å². The fourth-order valence-electron chi connectivity index (χ4n) is 2.01. The van der Waals surface area contributed by atoms with E-state index >= 15 is 0 Å². The number of aliphatic hydroxyl groups is 1. The van der Waals surface area contributed by atoms with Crippen LogP contribution in [0.15, 0.2) is 54.6 Å². The number of aromatic nitrogens is 4. The molecule has 3 rings (SSSR count). The van der Waals surface area contributed by atoms with Gasteiger partial charge < -0.3 is 9.84 Å². The van der Waals surface area contributed by atoms with Gasteiger partial charge in [-0.1, -0.05) is 42.5 Å². The third-order valence-electron chi connectivity index (χ3n) is 3.13. The molecule has 0 saturated carbocycles. The van der Waals surface area contributed by atoms with Gasteiger partial charge >= 0.3 is 0 Å². The summed E-state index contributed by atoms with van der Waals surface area (Å²) in [6.07, 6.45) is -0.882. The Hall–Kier alpha value is -2.80. The molecule has 23 heavy (non-hydrogen) atoms. The first-order valence-electron chi connectivity index (χ1n) is 7.11. The first-order chi connectivity index (χ1) is 11.2. The van der Waals surface area contributed by atoms with Crippen LogP contribution < -0.4 is 4.74 Å². The summed E-state index contributed by atoms with van der Waals surface area (Å²) in [7, 11) is 0. The molecule has 1 N–H and O–H groups in total. The SMILES string of the molecule is O[C@H](COc1ccccc1F)Cn1nnc(-c2ccccc2)n1.